The molecule has 0 atom stereocenters. The maximum atomic E-state index is 12.5. The van der Waals surface area contributed by atoms with Gasteiger partial charge in [-0.2, -0.15) is 0 Å². The molecule has 4 rings (SSSR count). The van der Waals surface area contributed by atoms with Crippen LogP contribution < -0.4 is 14.8 Å². The number of aromatic amines is 1. The molecule has 30 heavy (non-hydrogen) atoms. The molecular formula is C23H22N4O3. The van der Waals surface area contributed by atoms with E-state index in [1.54, 1.807) is 32.8 Å². The molecule has 3 heterocycles. The molecule has 0 fully saturated rings. The number of hydrogen-bond acceptors (Lipinski definition) is 5. The van der Waals surface area contributed by atoms with Crippen molar-refractivity contribution in [3.8, 4) is 22.6 Å². The van der Waals surface area contributed by atoms with Crippen molar-refractivity contribution < 1.29 is 14.3 Å². The van der Waals surface area contributed by atoms with Gasteiger partial charge in [-0.05, 0) is 41.5 Å². The summed E-state index contributed by atoms with van der Waals surface area (Å²) in [6.45, 7) is 0.444. The largest absolute Gasteiger partial charge is 0.497 e. The van der Waals surface area contributed by atoms with E-state index >= 15 is 0 Å². The van der Waals surface area contributed by atoms with Crippen LogP contribution in [0, 0.1) is 0 Å². The highest BCUT2D eigenvalue weighted by atomic mass is 16.5. The van der Waals surface area contributed by atoms with E-state index in [2.05, 4.69) is 20.3 Å². The van der Waals surface area contributed by atoms with Gasteiger partial charge in [0.1, 0.15) is 17.1 Å². The minimum absolute atomic E-state index is 0.0656. The van der Waals surface area contributed by atoms with Crippen molar-refractivity contribution in [3.05, 3.63) is 72.3 Å². The van der Waals surface area contributed by atoms with Crippen molar-refractivity contribution in [2.75, 3.05) is 14.2 Å². The lowest BCUT2D eigenvalue weighted by atomic mass is 10.0. The van der Waals surface area contributed by atoms with Crippen molar-refractivity contribution in [1.82, 2.24) is 20.3 Å². The summed E-state index contributed by atoms with van der Waals surface area (Å²) in [7, 11) is 3.26. The summed E-state index contributed by atoms with van der Waals surface area (Å²) in [5, 5.41) is 3.83. The van der Waals surface area contributed by atoms with Crippen LogP contribution in [0.15, 0.2) is 61.2 Å². The Morgan fingerprint density at radius 2 is 2.03 bits per heavy atom. The van der Waals surface area contributed by atoms with Crippen LogP contribution in [-0.2, 0) is 17.8 Å². The summed E-state index contributed by atoms with van der Waals surface area (Å²) in [5.41, 5.74) is 4.33. The molecule has 1 amide bonds. The second-order valence-electron chi connectivity index (χ2n) is 6.82. The van der Waals surface area contributed by atoms with E-state index in [-0.39, 0.29) is 12.3 Å². The Morgan fingerprint density at radius 3 is 2.80 bits per heavy atom. The van der Waals surface area contributed by atoms with Gasteiger partial charge in [0, 0.05) is 47.8 Å². The first-order chi connectivity index (χ1) is 14.7. The van der Waals surface area contributed by atoms with Crippen LogP contribution in [-0.4, -0.2) is 35.1 Å². The summed E-state index contributed by atoms with van der Waals surface area (Å²) in [6, 6.07) is 11.4. The summed E-state index contributed by atoms with van der Waals surface area (Å²) in [6.07, 6.45) is 7.31. The Hall–Kier alpha value is -3.87. The summed E-state index contributed by atoms with van der Waals surface area (Å²) < 4.78 is 10.8. The Kier molecular flexibility index (Phi) is 5.61. The molecule has 0 radical (unpaired) electrons. The second kappa shape index (κ2) is 8.65. The second-order valence-corrected chi connectivity index (χ2v) is 6.82. The van der Waals surface area contributed by atoms with Gasteiger partial charge in [0.2, 0.25) is 5.91 Å². The molecule has 7 heteroatoms. The number of nitrogens with one attached hydrogen (secondary N) is 2. The molecule has 0 aliphatic carbocycles. The van der Waals surface area contributed by atoms with Gasteiger partial charge in [-0.1, -0.05) is 6.07 Å². The first kappa shape index (κ1) is 19.4. The van der Waals surface area contributed by atoms with Crippen LogP contribution in [0.3, 0.4) is 0 Å². The lowest BCUT2D eigenvalue weighted by Crippen LogP contribution is -2.24. The molecule has 0 saturated carbocycles. The predicted molar refractivity (Wildman–Crippen MR) is 114 cm³/mol. The zero-order valence-corrected chi connectivity index (χ0v) is 16.8. The number of ether oxygens (including phenoxy) is 2. The van der Waals surface area contributed by atoms with Crippen LogP contribution in [0.25, 0.3) is 22.2 Å². The molecule has 1 aromatic carbocycles. The van der Waals surface area contributed by atoms with Gasteiger partial charge in [-0.3, -0.25) is 9.78 Å². The highest BCUT2D eigenvalue weighted by Crippen LogP contribution is 2.34. The van der Waals surface area contributed by atoms with Gasteiger partial charge >= 0.3 is 0 Å². The number of nitrogens with zero attached hydrogens (tertiary/aromatic N) is 2. The van der Waals surface area contributed by atoms with Crippen LogP contribution >= 0.6 is 0 Å². The maximum absolute atomic E-state index is 12.5. The van der Waals surface area contributed by atoms with Crippen molar-refractivity contribution in [2.45, 2.75) is 13.0 Å². The lowest BCUT2D eigenvalue weighted by molar-refractivity contribution is -0.120. The zero-order chi connectivity index (χ0) is 20.9. The highest BCUT2D eigenvalue weighted by molar-refractivity contribution is 5.90. The van der Waals surface area contributed by atoms with Gasteiger partial charge in [-0.25, -0.2) is 4.98 Å². The molecule has 152 valence electrons. The molecule has 0 unspecified atom stereocenters. The number of H-pyrrole nitrogens is 1. The van der Waals surface area contributed by atoms with E-state index in [4.69, 9.17) is 9.47 Å². The molecular weight excluding hydrogens is 380 g/mol. The molecule has 0 spiro atoms. The fourth-order valence-electron chi connectivity index (χ4n) is 3.33. The highest BCUT2D eigenvalue weighted by Gasteiger charge is 2.13. The summed E-state index contributed by atoms with van der Waals surface area (Å²) in [5.74, 6) is 1.39. The van der Waals surface area contributed by atoms with Gasteiger partial charge < -0.3 is 19.8 Å². The van der Waals surface area contributed by atoms with Crippen LogP contribution in [0.1, 0.15) is 11.1 Å². The zero-order valence-electron chi connectivity index (χ0n) is 16.8. The van der Waals surface area contributed by atoms with Crippen LogP contribution in [0.4, 0.5) is 0 Å². The topological polar surface area (TPSA) is 89.1 Å². The minimum atomic E-state index is -0.0656. The Morgan fingerprint density at radius 1 is 1.13 bits per heavy atom. The lowest BCUT2D eigenvalue weighted by Gasteiger charge is -2.11. The quantitative estimate of drug-likeness (QED) is 0.494. The number of fused-ring (bicyclic) bond motifs is 1. The maximum Gasteiger partial charge on any atom is 0.224 e. The third-order valence-corrected chi connectivity index (χ3v) is 4.90. The van der Waals surface area contributed by atoms with E-state index in [0.29, 0.717) is 6.54 Å². The van der Waals surface area contributed by atoms with Crippen molar-refractivity contribution in [3.63, 3.8) is 0 Å². The van der Waals surface area contributed by atoms with Gasteiger partial charge in [0.15, 0.2) is 0 Å². The predicted octanol–water partition coefficient (Wildman–Crippen LogP) is 3.50. The van der Waals surface area contributed by atoms with Crippen molar-refractivity contribution >= 4 is 16.9 Å². The minimum Gasteiger partial charge on any atom is -0.497 e. The fourth-order valence-corrected chi connectivity index (χ4v) is 3.33. The number of methoxy groups -OCH3 is 2. The van der Waals surface area contributed by atoms with E-state index in [1.807, 2.05) is 42.6 Å². The number of carbonyl (C=O) groups excluding carboxylic acids is 1. The molecule has 3 aromatic heterocycles. The average molecular weight is 402 g/mol. The van der Waals surface area contributed by atoms with Crippen LogP contribution in [0.5, 0.6) is 11.5 Å². The van der Waals surface area contributed by atoms with E-state index in [1.165, 1.54) is 0 Å². The Labute approximate surface area is 174 Å². The summed E-state index contributed by atoms with van der Waals surface area (Å²) >= 11 is 0. The summed E-state index contributed by atoms with van der Waals surface area (Å²) in [4.78, 5) is 24.2. The van der Waals surface area contributed by atoms with E-state index in [9.17, 15) is 4.79 Å². The Balaban J connectivity index is 1.58. The molecule has 0 aliphatic heterocycles. The first-order valence-corrected chi connectivity index (χ1v) is 9.52. The third kappa shape index (κ3) is 4.10. The number of aromatic nitrogens is 3. The monoisotopic (exact) mass is 402 g/mol. The van der Waals surface area contributed by atoms with Crippen LogP contribution in [0.2, 0.25) is 0 Å². The smallest absolute Gasteiger partial charge is 0.224 e. The molecule has 0 bridgehead atoms. The molecule has 0 saturated heterocycles. The average Bonchev–Trinajstić information content (AvgIpc) is 3.19. The first-order valence-electron chi connectivity index (χ1n) is 9.52. The number of hydrogen-bond donors (Lipinski definition) is 2. The number of carbonyl (C=O) groups is 1. The molecule has 2 N–H and O–H groups in total. The molecule has 4 aromatic rings. The third-order valence-electron chi connectivity index (χ3n) is 4.90. The van der Waals surface area contributed by atoms with E-state index in [0.717, 1.165) is 44.8 Å². The number of amides is 1. The number of pyridine rings is 2. The van der Waals surface area contributed by atoms with Gasteiger partial charge in [-0.15, -0.1) is 0 Å². The molecule has 7 nitrogen and oxygen atoms in total. The Bertz CT molecular complexity index is 1170. The number of rotatable bonds is 7. The van der Waals surface area contributed by atoms with Crippen molar-refractivity contribution in [2.24, 2.45) is 0 Å². The normalized spacial score (nSPS) is 10.7. The SMILES string of the molecule is COc1ccc(OC)c(-c2cnc3[nH]cc(CC(=O)NCc4cccnc4)c3c2)c1. The standard InChI is InChI=1S/C23H22N4O3/c1-29-18-5-6-21(30-2)19(10-18)16-8-20-17(14-27-23(20)26-13-16)9-22(28)25-12-15-4-3-7-24-11-15/h3-8,10-11,13-14H,9,12H2,1-2H3,(H,25,28)(H,26,27). The van der Waals surface area contributed by atoms with Gasteiger partial charge in [0.05, 0.1) is 20.6 Å². The van der Waals surface area contributed by atoms with E-state index < -0.39 is 0 Å². The van der Waals surface area contributed by atoms with Gasteiger partial charge in [0.25, 0.3) is 0 Å². The van der Waals surface area contributed by atoms with Crippen molar-refractivity contribution in [1.29, 1.82) is 0 Å². The molecule has 0 aliphatic rings. The fraction of sp³-hybridized carbons (Fsp3) is 0.174. The number of benzene rings is 1.